The summed E-state index contributed by atoms with van der Waals surface area (Å²) < 4.78 is 0. The molecule has 1 aromatic heterocycles. The predicted octanol–water partition coefficient (Wildman–Crippen LogP) is 0.488. The minimum absolute atomic E-state index is 0.0753. The molecule has 1 amide bonds. The van der Waals surface area contributed by atoms with Crippen LogP contribution in [-0.2, 0) is 0 Å². The van der Waals surface area contributed by atoms with Crippen LogP contribution in [0.4, 0.5) is 5.69 Å². The summed E-state index contributed by atoms with van der Waals surface area (Å²) >= 11 is 0. The van der Waals surface area contributed by atoms with Gasteiger partial charge in [0.05, 0.1) is 17.4 Å². The van der Waals surface area contributed by atoms with Crippen LogP contribution in [0.2, 0.25) is 0 Å². The van der Waals surface area contributed by atoms with Gasteiger partial charge in [-0.15, -0.1) is 0 Å². The smallest absolute Gasteiger partial charge is 0.253 e. The van der Waals surface area contributed by atoms with Crippen LogP contribution in [0.25, 0.3) is 0 Å². The summed E-state index contributed by atoms with van der Waals surface area (Å²) in [4.78, 5) is 18.5. The van der Waals surface area contributed by atoms with Crippen molar-refractivity contribution in [1.29, 1.82) is 0 Å². The molecular formula is C13H18N4O. The standard InChI is InChI=1S/C13H18N4O/c14-11-7-15-4-1-10(11)13(18)16-12-8-17-5-2-9(12)3-6-17/h1,4,7,9,12H,2-3,5-6,8,14H2,(H,16,18). The van der Waals surface area contributed by atoms with Crippen molar-refractivity contribution >= 4 is 11.6 Å². The molecule has 3 saturated heterocycles. The largest absolute Gasteiger partial charge is 0.397 e. The number of hydrogen-bond acceptors (Lipinski definition) is 4. The highest BCUT2D eigenvalue weighted by atomic mass is 16.1. The molecule has 1 aromatic rings. The Kier molecular flexibility index (Phi) is 2.91. The van der Waals surface area contributed by atoms with Gasteiger partial charge in [-0.3, -0.25) is 9.78 Å². The maximum Gasteiger partial charge on any atom is 0.253 e. The molecule has 1 atom stereocenters. The lowest BCUT2D eigenvalue weighted by Crippen LogP contribution is -2.57. The van der Waals surface area contributed by atoms with Gasteiger partial charge in [0.1, 0.15) is 0 Å². The molecule has 4 rings (SSSR count). The van der Waals surface area contributed by atoms with Gasteiger partial charge >= 0.3 is 0 Å². The van der Waals surface area contributed by atoms with E-state index in [0.717, 1.165) is 6.54 Å². The third-order valence-corrected chi connectivity index (χ3v) is 4.07. The average molecular weight is 246 g/mol. The number of aromatic nitrogens is 1. The first-order chi connectivity index (χ1) is 8.74. The molecule has 0 saturated carbocycles. The zero-order valence-electron chi connectivity index (χ0n) is 10.3. The number of amides is 1. The Labute approximate surface area is 106 Å². The van der Waals surface area contributed by atoms with Crippen molar-refractivity contribution in [3.8, 4) is 0 Å². The van der Waals surface area contributed by atoms with Crippen LogP contribution < -0.4 is 11.1 Å². The highest BCUT2D eigenvalue weighted by Gasteiger charge is 2.35. The lowest BCUT2D eigenvalue weighted by atomic mass is 9.84. The topological polar surface area (TPSA) is 71.2 Å². The summed E-state index contributed by atoms with van der Waals surface area (Å²) in [6, 6.07) is 1.94. The lowest BCUT2D eigenvalue weighted by Gasteiger charge is -2.44. The van der Waals surface area contributed by atoms with E-state index in [9.17, 15) is 4.79 Å². The Morgan fingerprint density at radius 2 is 2.22 bits per heavy atom. The normalized spacial score (nSPS) is 30.1. The van der Waals surface area contributed by atoms with Gasteiger partial charge in [-0.1, -0.05) is 0 Å². The fourth-order valence-electron chi connectivity index (χ4n) is 2.99. The summed E-state index contributed by atoms with van der Waals surface area (Å²) in [7, 11) is 0. The molecule has 0 aromatic carbocycles. The minimum atomic E-state index is -0.0753. The lowest BCUT2D eigenvalue weighted by molar-refractivity contribution is 0.0621. The van der Waals surface area contributed by atoms with Crippen molar-refractivity contribution in [3.63, 3.8) is 0 Å². The second-order valence-electron chi connectivity index (χ2n) is 5.18. The van der Waals surface area contributed by atoms with E-state index in [1.807, 2.05) is 0 Å². The molecule has 5 heteroatoms. The van der Waals surface area contributed by atoms with E-state index in [1.165, 1.54) is 32.1 Å². The van der Waals surface area contributed by atoms with Crippen LogP contribution in [0.1, 0.15) is 23.2 Å². The number of pyridine rings is 1. The molecule has 0 aliphatic carbocycles. The van der Waals surface area contributed by atoms with E-state index in [4.69, 9.17) is 5.73 Å². The van der Waals surface area contributed by atoms with Crippen molar-refractivity contribution in [2.24, 2.45) is 5.92 Å². The fourth-order valence-corrected chi connectivity index (χ4v) is 2.99. The summed E-state index contributed by atoms with van der Waals surface area (Å²) in [6.45, 7) is 3.32. The van der Waals surface area contributed by atoms with Crippen LogP contribution in [0.5, 0.6) is 0 Å². The third kappa shape index (κ3) is 2.06. The molecule has 0 spiro atoms. The van der Waals surface area contributed by atoms with Gasteiger partial charge in [0, 0.05) is 18.8 Å². The second-order valence-corrected chi connectivity index (χ2v) is 5.18. The maximum atomic E-state index is 12.2. The molecule has 2 bridgehead atoms. The van der Waals surface area contributed by atoms with Gasteiger partial charge in [-0.2, -0.15) is 0 Å². The summed E-state index contributed by atoms with van der Waals surface area (Å²) in [6.07, 6.45) is 5.50. The van der Waals surface area contributed by atoms with E-state index in [1.54, 1.807) is 12.3 Å². The molecule has 3 N–H and O–H groups in total. The Morgan fingerprint density at radius 1 is 1.44 bits per heavy atom. The molecule has 18 heavy (non-hydrogen) atoms. The SMILES string of the molecule is Nc1cnccc1C(=O)NC1CN2CCC1CC2. The Bertz CT molecular complexity index is 454. The van der Waals surface area contributed by atoms with Crippen LogP contribution in [0, 0.1) is 5.92 Å². The van der Waals surface area contributed by atoms with Crippen molar-refractivity contribution in [2.45, 2.75) is 18.9 Å². The molecule has 3 fully saturated rings. The zero-order chi connectivity index (χ0) is 12.5. The Morgan fingerprint density at radius 3 is 2.83 bits per heavy atom. The Balaban J connectivity index is 1.70. The van der Waals surface area contributed by atoms with Crippen LogP contribution in [0.15, 0.2) is 18.5 Å². The van der Waals surface area contributed by atoms with Gasteiger partial charge in [0.15, 0.2) is 0 Å². The van der Waals surface area contributed by atoms with E-state index in [0.29, 0.717) is 17.2 Å². The highest BCUT2D eigenvalue weighted by Crippen LogP contribution is 2.27. The minimum Gasteiger partial charge on any atom is -0.397 e. The number of nitrogens with zero attached hydrogens (tertiary/aromatic N) is 2. The average Bonchev–Trinajstić information content (AvgIpc) is 2.40. The summed E-state index contributed by atoms with van der Waals surface area (Å²) in [5, 5.41) is 3.12. The van der Waals surface area contributed by atoms with Crippen molar-refractivity contribution in [3.05, 3.63) is 24.0 Å². The molecule has 0 radical (unpaired) electrons. The number of rotatable bonds is 2. The number of fused-ring (bicyclic) bond motifs is 3. The number of nitrogens with one attached hydrogen (secondary N) is 1. The zero-order valence-corrected chi connectivity index (χ0v) is 10.3. The van der Waals surface area contributed by atoms with E-state index >= 15 is 0 Å². The maximum absolute atomic E-state index is 12.2. The molecule has 5 nitrogen and oxygen atoms in total. The molecular weight excluding hydrogens is 228 g/mol. The first kappa shape index (κ1) is 11.5. The van der Waals surface area contributed by atoms with Crippen LogP contribution in [-0.4, -0.2) is 41.5 Å². The number of nitrogen functional groups attached to an aromatic ring is 1. The summed E-state index contributed by atoms with van der Waals surface area (Å²) in [5.41, 5.74) is 6.74. The second kappa shape index (κ2) is 4.57. The molecule has 3 aliphatic rings. The van der Waals surface area contributed by atoms with Crippen LogP contribution in [0.3, 0.4) is 0 Å². The van der Waals surface area contributed by atoms with Gasteiger partial charge in [-0.25, -0.2) is 0 Å². The van der Waals surface area contributed by atoms with Crippen molar-refractivity contribution < 1.29 is 4.79 Å². The van der Waals surface area contributed by atoms with E-state index in [2.05, 4.69) is 15.2 Å². The molecule has 4 heterocycles. The highest BCUT2D eigenvalue weighted by molar-refractivity contribution is 5.99. The van der Waals surface area contributed by atoms with Crippen molar-refractivity contribution in [2.75, 3.05) is 25.4 Å². The molecule has 1 unspecified atom stereocenters. The van der Waals surface area contributed by atoms with E-state index < -0.39 is 0 Å². The first-order valence-electron chi connectivity index (χ1n) is 6.47. The molecule has 3 aliphatic heterocycles. The van der Waals surface area contributed by atoms with Crippen molar-refractivity contribution in [1.82, 2.24) is 15.2 Å². The van der Waals surface area contributed by atoms with Gasteiger partial charge in [0.2, 0.25) is 0 Å². The number of nitrogens with two attached hydrogens (primary N) is 1. The number of anilines is 1. The third-order valence-electron chi connectivity index (χ3n) is 4.07. The Hall–Kier alpha value is -1.62. The van der Waals surface area contributed by atoms with Gasteiger partial charge in [0.25, 0.3) is 5.91 Å². The van der Waals surface area contributed by atoms with Gasteiger partial charge < -0.3 is 16.0 Å². The quantitative estimate of drug-likeness (QED) is 0.796. The first-order valence-corrected chi connectivity index (χ1v) is 6.47. The molecule has 96 valence electrons. The summed E-state index contributed by atoms with van der Waals surface area (Å²) in [5.74, 6) is 0.552. The number of carbonyl (C=O) groups is 1. The van der Waals surface area contributed by atoms with Crippen LogP contribution >= 0.6 is 0 Å². The monoisotopic (exact) mass is 246 g/mol. The van der Waals surface area contributed by atoms with Gasteiger partial charge in [-0.05, 0) is 37.9 Å². The fraction of sp³-hybridized carbons (Fsp3) is 0.538. The van der Waals surface area contributed by atoms with E-state index in [-0.39, 0.29) is 11.9 Å². The number of hydrogen-bond donors (Lipinski definition) is 2. The number of carbonyl (C=O) groups excluding carboxylic acids is 1. The number of piperidine rings is 3. The predicted molar refractivity (Wildman–Crippen MR) is 69.1 cm³/mol.